The van der Waals surface area contributed by atoms with Gasteiger partial charge in [-0.1, -0.05) is 24.3 Å². The van der Waals surface area contributed by atoms with Crippen LogP contribution < -0.4 is 10.6 Å². The third kappa shape index (κ3) is 5.72. The Labute approximate surface area is 148 Å². The zero-order valence-electron chi connectivity index (χ0n) is 14.7. The normalized spacial score (nSPS) is 10.3. The molecule has 0 unspecified atom stereocenters. The van der Waals surface area contributed by atoms with Gasteiger partial charge in [0.25, 0.3) is 5.91 Å². The third-order valence-corrected chi connectivity index (χ3v) is 3.79. The lowest BCUT2D eigenvalue weighted by atomic mass is 10.1. The first-order chi connectivity index (χ1) is 12.1. The molecule has 132 valence electrons. The van der Waals surface area contributed by atoms with Crippen LogP contribution >= 0.6 is 0 Å². The number of carbonyl (C=O) groups is 2. The molecule has 0 saturated carbocycles. The highest BCUT2D eigenvalue weighted by molar-refractivity contribution is 6.05. The van der Waals surface area contributed by atoms with Crippen LogP contribution in [0.5, 0.6) is 0 Å². The molecule has 0 aliphatic carbocycles. The third-order valence-electron chi connectivity index (χ3n) is 3.79. The van der Waals surface area contributed by atoms with E-state index >= 15 is 0 Å². The molecule has 2 amide bonds. The predicted molar refractivity (Wildman–Crippen MR) is 99.9 cm³/mol. The molecule has 0 aliphatic heterocycles. The Bertz CT molecular complexity index is 714. The van der Waals surface area contributed by atoms with Gasteiger partial charge in [0.05, 0.1) is 0 Å². The summed E-state index contributed by atoms with van der Waals surface area (Å²) in [6, 6.07) is 14.5. The predicted octanol–water partition coefficient (Wildman–Crippen LogP) is 4.00. The van der Waals surface area contributed by atoms with E-state index in [-0.39, 0.29) is 11.8 Å². The topological polar surface area (TPSA) is 67.4 Å². The lowest BCUT2D eigenvalue weighted by Gasteiger charge is -2.13. The molecule has 2 rings (SSSR count). The van der Waals surface area contributed by atoms with Crippen molar-refractivity contribution >= 4 is 23.2 Å². The minimum absolute atomic E-state index is 0.0608. The number of amides is 2. The number of benzene rings is 2. The fourth-order valence-corrected chi connectivity index (χ4v) is 2.38. The van der Waals surface area contributed by atoms with Gasteiger partial charge in [-0.2, -0.15) is 0 Å². The molecule has 0 saturated heterocycles. The minimum atomic E-state index is -0.177. The minimum Gasteiger partial charge on any atom is -0.382 e. The van der Waals surface area contributed by atoms with Crippen LogP contribution in [0.2, 0.25) is 0 Å². The second-order valence-corrected chi connectivity index (χ2v) is 5.65. The van der Waals surface area contributed by atoms with E-state index in [9.17, 15) is 9.59 Å². The molecule has 2 aromatic carbocycles. The van der Waals surface area contributed by atoms with Gasteiger partial charge in [-0.15, -0.1) is 0 Å². The van der Waals surface area contributed by atoms with Gasteiger partial charge in [-0.05, 0) is 50.1 Å². The summed E-state index contributed by atoms with van der Waals surface area (Å²) in [4.78, 5) is 24.3. The number of hydrogen-bond acceptors (Lipinski definition) is 3. The van der Waals surface area contributed by atoms with Crippen molar-refractivity contribution in [3.63, 3.8) is 0 Å². The lowest BCUT2D eigenvalue weighted by Crippen LogP contribution is -2.15. The van der Waals surface area contributed by atoms with E-state index < -0.39 is 0 Å². The molecule has 0 aliphatic rings. The number of nitrogens with one attached hydrogen (secondary N) is 2. The van der Waals surface area contributed by atoms with Crippen molar-refractivity contribution in [2.45, 2.75) is 26.7 Å². The summed E-state index contributed by atoms with van der Waals surface area (Å²) < 4.78 is 5.24. The molecule has 0 heterocycles. The highest BCUT2D eigenvalue weighted by atomic mass is 16.5. The Morgan fingerprint density at radius 2 is 1.64 bits per heavy atom. The summed E-state index contributed by atoms with van der Waals surface area (Å²) in [5, 5.41) is 5.78. The smallest absolute Gasteiger partial charge is 0.255 e. The van der Waals surface area contributed by atoms with E-state index in [1.54, 1.807) is 12.1 Å². The van der Waals surface area contributed by atoms with E-state index in [0.29, 0.717) is 43.0 Å². The quantitative estimate of drug-likeness (QED) is 0.714. The molecule has 0 fully saturated rings. The van der Waals surface area contributed by atoms with Crippen molar-refractivity contribution in [2.24, 2.45) is 0 Å². The van der Waals surface area contributed by atoms with Gasteiger partial charge in [0.1, 0.15) is 0 Å². The van der Waals surface area contributed by atoms with Crippen molar-refractivity contribution < 1.29 is 14.3 Å². The van der Waals surface area contributed by atoms with Gasteiger partial charge in [0.15, 0.2) is 0 Å². The van der Waals surface area contributed by atoms with Crippen molar-refractivity contribution in [3.8, 4) is 0 Å². The number of hydrogen-bond donors (Lipinski definition) is 2. The molecule has 0 aromatic heterocycles. The molecule has 5 heteroatoms. The first-order valence-electron chi connectivity index (χ1n) is 8.45. The zero-order chi connectivity index (χ0) is 18.1. The van der Waals surface area contributed by atoms with Gasteiger partial charge < -0.3 is 15.4 Å². The van der Waals surface area contributed by atoms with Gasteiger partial charge in [0.2, 0.25) is 5.91 Å². The van der Waals surface area contributed by atoms with E-state index in [2.05, 4.69) is 10.6 Å². The number of ether oxygens (including phenoxy) is 1. The summed E-state index contributed by atoms with van der Waals surface area (Å²) in [5.41, 5.74) is 2.80. The van der Waals surface area contributed by atoms with E-state index in [4.69, 9.17) is 4.74 Å². The Morgan fingerprint density at radius 1 is 0.960 bits per heavy atom. The summed E-state index contributed by atoms with van der Waals surface area (Å²) in [6.07, 6.45) is 1.09. The maximum atomic E-state index is 12.3. The highest BCUT2D eigenvalue weighted by Gasteiger charge is 2.11. The molecule has 5 nitrogen and oxygen atoms in total. The van der Waals surface area contributed by atoms with Gasteiger partial charge in [0, 0.05) is 36.6 Å². The average molecular weight is 340 g/mol. The molecule has 25 heavy (non-hydrogen) atoms. The van der Waals surface area contributed by atoms with Crippen molar-refractivity contribution in [2.75, 3.05) is 23.8 Å². The van der Waals surface area contributed by atoms with Crippen LogP contribution in [0.25, 0.3) is 0 Å². The number of rotatable bonds is 8. The summed E-state index contributed by atoms with van der Waals surface area (Å²) >= 11 is 0. The van der Waals surface area contributed by atoms with Crippen LogP contribution in [-0.2, 0) is 9.53 Å². The Kier molecular flexibility index (Phi) is 7.16. The summed E-state index contributed by atoms with van der Waals surface area (Å²) in [5.74, 6) is -0.238. The van der Waals surface area contributed by atoms with E-state index in [1.165, 1.54) is 0 Å². The average Bonchev–Trinajstić information content (AvgIpc) is 2.63. The molecule has 0 radical (unpaired) electrons. The second-order valence-electron chi connectivity index (χ2n) is 5.65. The standard InChI is InChI=1S/C20H24N2O3/c1-3-25-14-8-13-19(23)21-17-11-7-12-18(15(17)2)22-20(24)16-9-5-4-6-10-16/h4-7,9-12H,3,8,13-14H2,1-2H3,(H,21,23)(H,22,24). The molecule has 0 bridgehead atoms. The van der Waals surface area contributed by atoms with Crippen molar-refractivity contribution in [1.82, 2.24) is 0 Å². The molecular formula is C20H24N2O3. The second kappa shape index (κ2) is 9.59. The molecule has 2 N–H and O–H groups in total. The van der Waals surface area contributed by atoms with Crippen LogP contribution in [0.1, 0.15) is 35.7 Å². The highest BCUT2D eigenvalue weighted by Crippen LogP contribution is 2.24. The fourth-order valence-electron chi connectivity index (χ4n) is 2.38. The first-order valence-corrected chi connectivity index (χ1v) is 8.45. The van der Waals surface area contributed by atoms with Crippen LogP contribution in [0.3, 0.4) is 0 Å². The van der Waals surface area contributed by atoms with Gasteiger partial charge in [-0.3, -0.25) is 9.59 Å². The summed E-state index contributed by atoms with van der Waals surface area (Å²) in [6.45, 7) is 5.04. The maximum Gasteiger partial charge on any atom is 0.255 e. The van der Waals surface area contributed by atoms with Crippen molar-refractivity contribution in [1.29, 1.82) is 0 Å². The summed E-state index contributed by atoms with van der Waals surface area (Å²) in [7, 11) is 0. The lowest BCUT2D eigenvalue weighted by molar-refractivity contribution is -0.116. The SMILES string of the molecule is CCOCCCC(=O)Nc1cccc(NC(=O)c2ccccc2)c1C. The van der Waals surface area contributed by atoms with Gasteiger partial charge in [-0.25, -0.2) is 0 Å². The Balaban J connectivity index is 1.99. The monoisotopic (exact) mass is 340 g/mol. The Morgan fingerprint density at radius 3 is 2.32 bits per heavy atom. The van der Waals surface area contributed by atoms with E-state index in [0.717, 1.165) is 5.56 Å². The van der Waals surface area contributed by atoms with E-state index in [1.807, 2.05) is 50.2 Å². The maximum absolute atomic E-state index is 12.3. The molecule has 0 spiro atoms. The molecular weight excluding hydrogens is 316 g/mol. The van der Waals surface area contributed by atoms with Gasteiger partial charge >= 0.3 is 0 Å². The first kappa shape index (κ1) is 18.7. The largest absolute Gasteiger partial charge is 0.382 e. The van der Waals surface area contributed by atoms with Crippen LogP contribution in [0, 0.1) is 6.92 Å². The molecule has 0 atom stereocenters. The van der Waals surface area contributed by atoms with Crippen LogP contribution in [0.15, 0.2) is 48.5 Å². The van der Waals surface area contributed by atoms with Crippen LogP contribution in [0.4, 0.5) is 11.4 Å². The Hall–Kier alpha value is -2.66. The van der Waals surface area contributed by atoms with Crippen molar-refractivity contribution in [3.05, 3.63) is 59.7 Å². The number of carbonyl (C=O) groups excluding carboxylic acids is 2. The number of anilines is 2. The fraction of sp³-hybridized carbons (Fsp3) is 0.300. The van der Waals surface area contributed by atoms with Crippen LogP contribution in [-0.4, -0.2) is 25.0 Å². The zero-order valence-corrected chi connectivity index (χ0v) is 14.7. The molecule has 2 aromatic rings.